The van der Waals surface area contributed by atoms with Crippen LogP contribution in [0.2, 0.25) is 19.6 Å². The molecule has 0 saturated carbocycles. The van der Waals surface area contributed by atoms with Crippen molar-refractivity contribution in [3.05, 3.63) is 29.8 Å². The van der Waals surface area contributed by atoms with Crippen LogP contribution in [0.25, 0.3) is 0 Å². The maximum atomic E-state index is 5.58. The highest BCUT2D eigenvalue weighted by molar-refractivity contribution is 6.83. The summed E-state index contributed by atoms with van der Waals surface area (Å²) in [5.74, 6) is 4.11. The first-order valence-electron chi connectivity index (χ1n) is 5.82. The lowest BCUT2D eigenvalue weighted by atomic mass is 10.1. The van der Waals surface area contributed by atoms with Crippen LogP contribution in [0, 0.1) is 11.5 Å². The van der Waals surface area contributed by atoms with Crippen LogP contribution in [0.15, 0.2) is 24.3 Å². The van der Waals surface area contributed by atoms with Crippen LogP contribution in [0.3, 0.4) is 0 Å². The fourth-order valence-electron chi connectivity index (χ4n) is 1.56. The van der Waals surface area contributed by atoms with Crippen LogP contribution in [0.5, 0.6) is 5.75 Å². The van der Waals surface area contributed by atoms with Gasteiger partial charge >= 0.3 is 0 Å². The Morgan fingerprint density at radius 1 is 1.18 bits per heavy atom. The average Bonchev–Trinajstić information content (AvgIpc) is 3.05. The van der Waals surface area contributed by atoms with Gasteiger partial charge in [0.1, 0.15) is 26.0 Å². The molecular weight excluding hydrogens is 228 g/mol. The molecule has 3 heteroatoms. The van der Waals surface area contributed by atoms with Crippen LogP contribution < -0.4 is 4.74 Å². The summed E-state index contributed by atoms with van der Waals surface area (Å²) in [5.41, 5.74) is 4.53. The quantitative estimate of drug-likeness (QED) is 0.454. The molecular formula is C14H18O2Si. The van der Waals surface area contributed by atoms with Crippen LogP contribution in [-0.4, -0.2) is 21.3 Å². The fraction of sp³-hybridized carbons (Fsp3) is 0.429. The molecule has 0 spiro atoms. The van der Waals surface area contributed by atoms with Crippen molar-refractivity contribution < 1.29 is 9.47 Å². The van der Waals surface area contributed by atoms with Gasteiger partial charge in [0, 0.05) is 0 Å². The molecule has 2 rings (SSSR count). The normalized spacial score (nSPS) is 22.6. The van der Waals surface area contributed by atoms with Gasteiger partial charge in [-0.25, -0.2) is 0 Å². The average molecular weight is 246 g/mol. The van der Waals surface area contributed by atoms with E-state index < -0.39 is 8.07 Å². The number of hydrogen-bond donors (Lipinski definition) is 0. The lowest BCUT2D eigenvalue weighted by Crippen LogP contribution is -2.16. The van der Waals surface area contributed by atoms with E-state index in [0.717, 1.165) is 5.75 Å². The number of ether oxygens (including phenoxy) is 2. The first kappa shape index (κ1) is 12.2. The summed E-state index contributed by atoms with van der Waals surface area (Å²) in [6.07, 6.45) is 0.250. The molecule has 1 saturated heterocycles. The monoisotopic (exact) mass is 246 g/mol. The summed E-state index contributed by atoms with van der Waals surface area (Å²) in [4.78, 5) is 0. The van der Waals surface area contributed by atoms with E-state index in [2.05, 4.69) is 31.1 Å². The minimum Gasteiger partial charge on any atom is -0.497 e. The lowest BCUT2D eigenvalue weighted by Gasteiger charge is -2.02. The highest BCUT2D eigenvalue weighted by atomic mass is 28.3. The maximum absolute atomic E-state index is 5.58. The predicted octanol–water partition coefficient (Wildman–Crippen LogP) is 3.02. The zero-order chi connectivity index (χ0) is 12.5. The molecule has 0 aromatic heterocycles. The smallest absolute Gasteiger partial charge is 0.148 e. The molecule has 0 bridgehead atoms. The number of benzene rings is 1. The SMILES string of the molecule is COc1ccc([C@@H]2O[C@H]2C#C[Si](C)(C)C)cc1. The summed E-state index contributed by atoms with van der Waals surface area (Å²) >= 11 is 0. The zero-order valence-corrected chi connectivity index (χ0v) is 11.8. The highest BCUT2D eigenvalue weighted by Gasteiger charge is 2.38. The number of hydrogen-bond acceptors (Lipinski definition) is 2. The van der Waals surface area contributed by atoms with Crippen LogP contribution in [0.4, 0.5) is 0 Å². The second-order valence-electron chi connectivity index (χ2n) is 5.27. The van der Waals surface area contributed by atoms with Crippen molar-refractivity contribution in [2.24, 2.45) is 0 Å². The second-order valence-corrected chi connectivity index (χ2v) is 10.0. The topological polar surface area (TPSA) is 21.8 Å². The van der Waals surface area contributed by atoms with Gasteiger partial charge in [-0.1, -0.05) is 37.7 Å². The Kier molecular flexibility index (Phi) is 3.28. The van der Waals surface area contributed by atoms with E-state index in [1.165, 1.54) is 5.56 Å². The van der Waals surface area contributed by atoms with E-state index in [4.69, 9.17) is 9.47 Å². The largest absolute Gasteiger partial charge is 0.497 e. The summed E-state index contributed by atoms with van der Waals surface area (Å²) in [7, 11) is 0.385. The van der Waals surface area contributed by atoms with Gasteiger partial charge in [-0.3, -0.25) is 0 Å². The van der Waals surface area contributed by atoms with Gasteiger partial charge in [-0.05, 0) is 17.7 Å². The molecule has 0 unspecified atom stereocenters. The summed E-state index contributed by atoms with van der Waals surface area (Å²) in [6.45, 7) is 6.72. The molecule has 1 aliphatic heterocycles. The van der Waals surface area contributed by atoms with Gasteiger partial charge < -0.3 is 9.47 Å². The Morgan fingerprint density at radius 3 is 2.35 bits per heavy atom. The predicted molar refractivity (Wildman–Crippen MR) is 71.7 cm³/mol. The third-order valence-electron chi connectivity index (χ3n) is 2.53. The minimum absolute atomic E-state index is 0.0927. The number of epoxide rings is 1. The van der Waals surface area contributed by atoms with Crippen molar-refractivity contribution in [3.63, 3.8) is 0 Å². The molecule has 90 valence electrons. The third-order valence-corrected chi connectivity index (χ3v) is 3.42. The Morgan fingerprint density at radius 2 is 1.82 bits per heavy atom. The third kappa shape index (κ3) is 3.35. The number of rotatable bonds is 2. The molecule has 17 heavy (non-hydrogen) atoms. The van der Waals surface area contributed by atoms with Gasteiger partial charge in [-0.2, -0.15) is 0 Å². The standard InChI is InChI=1S/C14H18O2Si/c1-15-12-7-5-11(6-8-12)14-13(16-14)9-10-17(2,3)4/h5-8,13-14H,1-4H3/t13-,14-/m0/s1. The van der Waals surface area contributed by atoms with Crippen LogP contribution in [0.1, 0.15) is 11.7 Å². The minimum atomic E-state index is -1.29. The Labute approximate surface area is 104 Å². The molecule has 0 amide bonds. The molecule has 1 aromatic carbocycles. The van der Waals surface area contributed by atoms with Gasteiger partial charge in [0.2, 0.25) is 0 Å². The summed E-state index contributed by atoms with van der Waals surface area (Å²) in [6, 6.07) is 8.00. The van der Waals surface area contributed by atoms with E-state index in [9.17, 15) is 0 Å². The van der Waals surface area contributed by atoms with Crippen molar-refractivity contribution >= 4 is 8.07 Å². The zero-order valence-electron chi connectivity index (χ0n) is 10.8. The Hall–Kier alpha value is -1.24. The van der Waals surface area contributed by atoms with Gasteiger partial charge in [0.15, 0.2) is 0 Å². The molecule has 0 N–H and O–H groups in total. The molecule has 1 heterocycles. The van der Waals surface area contributed by atoms with Crippen LogP contribution >= 0.6 is 0 Å². The van der Waals surface area contributed by atoms with Crippen molar-refractivity contribution in [1.82, 2.24) is 0 Å². The molecule has 0 radical (unpaired) electrons. The van der Waals surface area contributed by atoms with Crippen molar-refractivity contribution in [1.29, 1.82) is 0 Å². The van der Waals surface area contributed by atoms with E-state index in [0.29, 0.717) is 0 Å². The maximum Gasteiger partial charge on any atom is 0.148 e. The van der Waals surface area contributed by atoms with E-state index >= 15 is 0 Å². The van der Waals surface area contributed by atoms with Crippen LogP contribution in [-0.2, 0) is 4.74 Å². The summed E-state index contributed by atoms with van der Waals surface area (Å²) in [5, 5.41) is 0. The second kappa shape index (κ2) is 4.56. The fourth-order valence-corrected chi connectivity index (χ4v) is 2.13. The van der Waals surface area contributed by atoms with Gasteiger partial charge in [0.25, 0.3) is 0 Å². The molecule has 1 aromatic rings. The molecule has 2 atom stereocenters. The van der Waals surface area contributed by atoms with E-state index in [1.807, 2.05) is 24.3 Å². The summed E-state index contributed by atoms with van der Waals surface area (Å²) < 4.78 is 10.7. The molecule has 0 aliphatic carbocycles. The molecule has 1 aliphatic rings. The first-order chi connectivity index (χ1) is 7.99. The first-order valence-corrected chi connectivity index (χ1v) is 9.32. The molecule has 1 fully saturated rings. The van der Waals surface area contributed by atoms with Crippen molar-refractivity contribution in [2.75, 3.05) is 7.11 Å². The lowest BCUT2D eigenvalue weighted by molar-refractivity contribution is 0.396. The van der Waals surface area contributed by atoms with Crippen molar-refractivity contribution in [3.8, 4) is 17.2 Å². The molecule has 2 nitrogen and oxygen atoms in total. The number of methoxy groups -OCH3 is 1. The van der Waals surface area contributed by atoms with Gasteiger partial charge in [0.05, 0.1) is 7.11 Å². The van der Waals surface area contributed by atoms with E-state index in [1.54, 1.807) is 7.11 Å². The highest BCUT2D eigenvalue weighted by Crippen LogP contribution is 2.38. The van der Waals surface area contributed by atoms with Gasteiger partial charge in [-0.15, -0.1) is 5.54 Å². The Bertz CT molecular complexity index is 448. The Balaban J connectivity index is 2.00. The van der Waals surface area contributed by atoms with E-state index in [-0.39, 0.29) is 12.2 Å². The van der Waals surface area contributed by atoms with Crippen molar-refractivity contribution in [2.45, 2.75) is 31.8 Å².